The van der Waals surface area contributed by atoms with Gasteiger partial charge in [-0.25, -0.2) is 9.29 Å². The number of hydrogen-bond donors (Lipinski definition) is 1. The van der Waals surface area contributed by atoms with Crippen molar-refractivity contribution in [2.75, 3.05) is 24.5 Å². The molecule has 0 saturated heterocycles. The number of benzene rings is 3. The van der Waals surface area contributed by atoms with Crippen molar-refractivity contribution in [2.24, 2.45) is 0 Å². The third kappa shape index (κ3) is 4.84. The molecule has 1 N–H and O–H groups in total. The number of H-pyrrole nitrogens is 1. The quantitative estimate of drug-likeness (QED) is 0.404. The van der Waals surface area contributed by atoms with Crippen molar-refractivity contribution < 1.29 is 0 Å². The Labute approximate surface area is 188 Å². The van der Waals surface area contributed by atoms with Crippen LogP contribution in [-0.2, 0) is 13.0 Å². The van der Waals surface area contributed by atoms with Crippen molar-refractivity contribution in [1.82, 2.24) is 14.3 Å². The third-order valence-electron chi connectivity index (χ3n) is 5.65. The second-order valence-corrected chi connectivity index (χ2v) is 8.93. The molecule has 1 aliphatic heterocycles. The van der Waals surface area contributed by atoms with Gasteiger partial charge in [0, 0.05) is 30.7 Å². The largest absolute Gasteiger partial charge is 0.363 e. The summed E-state index contributed by atoms with van der Waals surface area (Å²) in [6.45, 7) is 3.83. The zero-order chi connectivity index (χ0) is 20.9. The molecule has 3 aromatic carbocycles. The van der Waals surface area contributed by atoms with Crippen molar-refractivity contribution in [3.63, 3.8) is 0 Å². The van der Waals surface area contributed by atoms with Gasteiger partial charge in [0.05, 0.1) is 24.3 Å². The second kappa shape index (κ2) is 9.41. The lowest BCUT2D eigenvalue weighted by atomic mass is 10.1. The van der Waals surface area contributed by atoms with E-state index in [2.05, 4.69) is 98.0 Å². The minimum Gasteiger partial charge on any atom is -0.363 e. The molecule has 4 nitrogen and oxygen atoms in total. The number of anilines is 1. The van der Waals surface area contributed by atoms with Gasteiger partial charge >= 0.3 is 0 Å². The molecule has 0 spiro atoms. The molecule has 156 valence electrons. The van der Waals surface area contributed by atoms with Crippen molar-refractivity contribution in [3.05, 3.63) is 103 Å². The minimum absolute atomic E-state index is 0.814. The summed E-state index contributed by atoms with van der Waals surface area (Å²) >= 11 is 1.89. The summed E-state index contributed by atoms with van der Waals surface area (Å²) in [5.41, 5.74) is 6.26. The fourth-order valence-corrected chi connectivity index (χ4v) is 5.09. The first-order valence-corrected chi connectivity index (χ1v) is 11.5. The van der Waals surface area contributed by atoms with Gasteiger partial charge < -0.3 is 9.88 Å². The Kier molecular flexibility index (Phi) is 6.05. The van der Waals surface area contributed by atoms with Crippen LogP contribution in [0.15, 0.2) is 96.3 Å². The summed E-state index contributed by atoms with van der Waals surface area (Å²) in [6.07, 6.45) is 4.80. The molecule has 0 fully saturated rings. The van der Waals surface area contributed by atoms with E-state index in [0.29, 0.717) is 0 Å². The SMILES string of the molecule is c1ccc(CCN2CCN(Cc3c[nH]cn3)c3ccc(-c4ccccc4)cc3S2)cc1. The molecule has 31 heavy (non-hydrogen) atoms. The smallest absolute Gasteiger partial charge is 0.0923 e. The van der Waals surface area contributed by atoms with Crippen molar-refractivity contribution in [2.45, 2.75) is 17.9 Å². The molecule has 1 aromatic heterocycles. The first-order valence-electron chi connectivity index (χ1n) is 10.7. The normalized spacial score (nSPS) is 14.3. The van der Waals surface area contributed by atoms with Crippen LogP contribution in [0.5, 0.6) is 0 Å². The lowest BCUT2D eigenvalue weighted by Gasteiger charge is -2.24. The molecule has 5 heteroatoms. The average molecular weight is 427 g/mol. The summed E-state index contributed by atoms with van der Waals surface area (Å²) in [5.74, 6) is 0. The molecule has 0 aliphatic carbocycles. The fraction of sp³-hybridized carbons (Fsp3) is 0.192. The highest BCUT2D eigenvalue weighted by Crippen LogP contribution is 2.38. The Morgan fingerprint density at radius 3 is 2.45 bits per heavy atom. The van der Waals surface area contributed by atoms with Crippen molar-refractivity contribution in [1.29, 1.82) is 0 Å². The highest BCUT2D eigenvalue weighted by Gasteiger charge is 2.22. The number of hydrogen-bond acceptors (Lipinski definition) is 4. The predicted octanol–water partition coefficient (Wildman–Crippen LogP) is 5.65. The van der Waals surface area contributed by atoms with Gasteiger partial charge in [-0.1, -0.05) is 66.7 Å². The molecule has 1 aliphatic rings. The summed E-state index contributed by atoms with van der Waals surface area (Å²) < 4.78 is 2.51. The van der Waals surface area contributed by atoms with E-state index >= 15 is 0 Å². The van der Waals surface area contributed by atoms with Crippen LogP contribution in [0.3, 0.4) is 0 Å². The van der Waals surface area contributed by atoms with E-state index in [0.717, 1.165) is 38.3 Å². The highest BCUT2D eigenvalue weighted by molar-refractivity contribution is 7.97. The van der Waals surface area contributed by atoms with Gasteiger partial charge in [0.1, 0.15) is 0 Å². The standard InChI is InChI=1S/C26H26N4S/c1-3-7-21(8-4-1)13-14-30-16-15-29(19-24-18-27-20-28-24)25-12-11-23(17-26(25)31-30)22-9-5-2-6-10-22/h1-12,17-18,20H,13-16,19H2,(H,27,28). The van der Waals surface area contributed by atoms with E-state index in [9.17, 15) is 0 Å². The molecule has 2 heterocycles. The Hall–Kier alpha value is -3.02. The Balaban J connectivity index is 1.42. The van der Waals surface area contributed by atoms with E-state index in [1.54, 1.807) is 6.33 Å². The van der Waals surface area contributed by atoms with Crippen LogP contribution in [0, 0.1) is 0 Å². The van der Waals surface area contributed by atoms with Crippen LogP contribution in [0.4, 0.5) is 5.69 Å². The van der Waals surface area contributed by atoms with Crippen molar-refractivity contribution in [3.8, 4) is 11.1 Å². The second-order valence-electron chi connectivity index (χ2n) is 7.79. The molecular formula is C26H26N4S. The van der Waals surface area contributed by atoms with Gasteiger partial charge in [-0.2, -0.15) is 0 Å². The maximum absolute atomic E-state index is 4.46. The molecule has 0 amide bonds. The first kappa shape index (κ1) is 19.9. The highest BCUT2D eigenvalue weighted by atomic mass is 32.2. The molecule has 5 rings (SSSR count). The Morgan fingerprint density at radius 2 is 1.68 bits per heavy atom. The van der Waals surface area contributed by atoms with Crippen LogP contribution < -0.4 is 4.90 Å². The zero-order valence-corrected chi connectivity index (χ0v) is 18.3. The van der Waals surface area contributed by atoms with E-state index in [-0.39, 0.29) is 0 Å². The van der Waals surface area contributed by atoms with Crippen LogP contribution in [0.25, 0.3) is 11.1 Å². The molecule has 0 saturated carbocycles. The molecule has 0 unspecified atom stereocenters. The summed E-state index contributed by atoms with van der Waals surface area (Å²) in [6, 6.07) is 28.2. The number of rotatable bonds is 6. The van der Waals surface area contributed by atoms with Crippen LogP contribution in [-0.4, -0.2) is 33.9 Å². The van der Waals surface area contributed by atoms with Gasteiger partial charge in [-0.05, 0) is 47.2 Å². The maximum atomic E-state index is 4.46. The minimum atomic E-state index is 0.814. The Morgan fingerprint density at radius 1 is 0.871 bits per heavy atom. The average Bonchev–Trinajstić information content (AvgIpc) is 3.28. The lowest BCUT2D eigenvalue weighted by Crippen LogP contribution is -2.30. The Bertz CT molecular complexity index is 1100. The molecular weight excluding hydrogens is 400 g/mol. The van der Waals surface area contributed by atoms with Crippen LogP contribution in [0.1, 0.15) is 11.3 Å². The van der Waals surface area contributed by atoms with E-state index in [1.165, 1.54) is 27.3 Å². The van der Waals surface area contributed by atoms with E-state index in [1.807, 2.05) is 18.1 Å². The van der Waals surface area contributed by atoms with Crippen LogP contribution >= 0.6 is 11.9 Å². The topological polar surface area (TPSA) is 35.2 Å². The van der Waals surface area contributed by atoms with Gasteiger partial charge in [0.2, 0.25) is 0 Å². The first-order chi connectivity index (χ1) is 15.3. The fourth-order valence-electron chi connectivity index (χ4n) is 3.99. The predicted molar refractivity (Wildman–Crippen MR) is 129 cm³/mol. The molecule has 4 aromatic rings. The van der Waals surface area contributed by atoms with Gasteiger partial charge in [0.15, 0.2) is 0 Å². The maximum Gasteiger partial charge on any atom is 0.0923 e. The summed E-state index contributed by atoms with van der Waals surface area (Å²) in [4.78, 5) is 11.3. The van der Waals surface area contributed by atoms with Gasteiger partial charge in [-0.15, -0.1) is 0 Å². The number of imidazole rings is 1. The number of fused-ring (bicyclic) bond motifs is 1. The third-order valence-corrected chi connectivity index (χ3v) is 6.80. The van der Waals surface area contributed by atoms with Gasteiger partial charge in [0.25, 0.3) is 0 Å². The summed E-state index contributed by atoms with van der Waals surface area (Å²) in [7, 11) is 0. The number of nitrogens with zero attached hydrogens (tertiary/aromatic N) is 3. The van der Waals surface area contributed by atoms with Crippen LogP contribution in [0.2, 0.25) is 0 Å². The van der Waals surface area contributed by atoms with E-state index < -0.39 is 0 Å². The zero-order valence-electron chi connectivity index (χ0n) is 17.4. The summed E-state index contributed by atoms with van der Waals surface area (Å²) in [5, 5.41) is 0. The molecule has 0 radical (unpaired) electrons. The van der Waals surface area contributed by atoms with Crippen molar-refractivity contribution >= 4 is 17.6 Å². The van der Waals surface area contributed by atoms with Gasteiger partial charge in [-0.3, -0.25) is 0 Å². The molecule has 0 atom stereocenters. The number of aromatic nitrogens is 2. The van der Waals surface area contributed by atoms with E-state index in [4.69, 9.17) is 0 Å². The number of nitrogens with one attached hydrogen (secondary N) is 1. The monoisotopic (exact) mass is 426 g/mol. The molecule has 0 bridgehead atoms. The lowest BCUT2D eigenvalue weighted by molar-refractivity contribution is 0.480. The number of aromatic amines is 1.